The molecule has 130 valence electrons. The zero-order chi connectivity index (χ0) is 18.1. The molecule has 0 saturated heterocycles. The van der Waals surface area contributed by atoms with Crippen LogP contribution in [0.25, 0.3) is 23.1 Å². The van der Waals surface area contributed by atoms with E-state index in [-0.39, 0.29) is 12.8 Å². The predicted molar refractivity (Wildman–Crippen MR) is 99.6 cm³/mol. The summed E-state index contributed by atoms with van der Waals surface area (Å²) in [5.41, 5.74) is 2.14. The molecule has 26 heavy (non-hydrogen) atoms. The zero-order valence-corrected chi connectivity index (χ0v) is 14.6. The van der Waals surface area contributed by atoms with E-state index in [0.717, 1.165) is 10.9 Å². The summed E-state index contributed by atoms with van der Waals surface area (Å²) < 4.78 is 15.9. The molecule has 0 saturated carbocycles. The van der Waals surface area contributed by atoms with Crippen molar-refractivity contribution in [3.8, 4) is 17.2 Å². The minimum absolute atomic E-state index is 0.198. The summed E-state index contributed by atoms with van der Waals surface area (Å²) in [6.07, 6.45) is 3.69. The van der Waals surface area contributed by atoms with Crippen LogP contribution >= 0.6 is 11.6 Å². The van der Waals surface area contributed by atoms with Gasteiger partial charge >= 0.3 is 5.97 Å². The molecular weight excluding hydrogens is 354 g/mol. The van der Waals surface area contributed by atoms with Gasteiger partial charge in [0.05, 0.1) is 10.7 Å². The van der Waals surface area contributed by atoms with Gasteiger partial charge in [-0.2, -0.15) is 0 Å². The number of carbonyl (C=O) groups is 1. The smallest absolute Gasteiger partial charge is 0.308 e. The van der Waals surface area contributed by atoms with Crippen molar-refractivity contribution in [2.24, 2.45) is 0 Å². The van der Waals surface area contributed by atoms with E-state index in [1.807, 2.05) is 42.5 Å². The number of aromatic nitrogens is 1. The van der Waals surface area contributed by atoms with Crippen LogP contribution in [0.2, 0.25) is 5.02 Å². The molecule has 1 aliphatic rings. The third kappa shape index (κ3) is 3.21. The van der Waals surface area contributed by atoms with Crippen LogP contribution in [0.15, 0.2) is 42.5 Å². The van der Waals surface area contributed by atoms with Crippen molar-refractivity contribution in [3.63, 3.8) is 0 Å². The second kappa shape index (κ2) is 6.69. The number of rotatable bonds is 3. The number of nitrogens with zero attached hydrogens (tertiary/aromatic N) is 1. The number of para-hydroxylation sites is 1. The summed E-state index contributed by atoms with van der Waals surface area (Å²) in [6, 6.07) is 12.8. The normalized spacial score (nSPS) is 12.7. The summed E-state index contributed by atoms with van der Waals surface area (Å²) in [7, 11) is 0. The van der Waals surface area contributed by atoms with Crippen molar-refractivity contribution >= 4 is 40.6 Å². The first-order chi connectivity index (χ1) is 12.6. The van der Waals surface area contributed by atoms with E-state index < -0.39 is 0 Å². The van der Waals surface area contributed by atoms with Crippen LogP contribution in [0, 0.1) is 0 Å². The minimum atomic E-state index is -0.382. The summed E-state index contributed by atoms with van der Waals surface area (Å²) in [5, 5.41) is 1.45. The van der Waals surface area contributed by atoms with Crippen LogP contribution in [0.4, 0.5) is 0 Å². The molecule has 6 heteroatoms. The Bertz CT molecular complexity index is 1050. The van der Waals surface area contributed by atoms with Crippen LogP contribution in [0.5, 0.6) is 17.2 Å². The average molecular weight is 368 g/mol. The van der Waals surface area contributed by atoms with E-state index in [1.54, 1.807) is 12.1 Å². The van der Waals surface area contributed by atoms with Gasteiger partial charge in [-0.1, -0.05) is 35.9 Å². The highest BCUT2D eigenvalue weighted by Crippen LogP contribution is 2.37. The van der Waals surface area contributed by atoms with Crippen LogP contribution in [-0.2, 0) is 4.79 Å². The summed E-state index contributed by atoms with van der Waals surface area (Å²) in [6.45, 7) is 1.56. The molecule has 2 heterocycles. The van der Waals surface area contributed by atoms with Crippen molar-refractivity contribution in [1.82, 2.24) is 4.98 Å². The van der Waals surface area contributed by atoms with E-state index in [9.17, 15) is 4.79 Å². The number of esters is 1. The number of ether oxygens (including phenoxy) is 3. The van der Waals surface area contributed by atoms with Gasteiger partial charge < -0.3 is 14.2 Å². The molecule has 3 aromatic rings. The quantitative estimate of drug-likeness (QED) is 0.495. The lowest BCUT2D eigenvalue weighted by Gasteiger charge is -2.06. The SMILES string of the molecule is CC(=O)Oc1cccc2ccc(C=Cc3cc4c(cc3Cl)OCO4)nc12. The van der Waals surface area contributed by atoms with Crippen molar-refractivity contribution in [2.45, 2.75) is 6.92 Å². The lowest BCUT2D eigenvalue weighted by Crippen LogP contribution is -2.02. The highest BCUT2D eigenvalue weighted by Gasteiger charge is 2.15. The number of carbonyl (C=O) groups excluding carboxylic acids is 1. The maximum Gasteiger partial charge on any atom is 0.308 e. The molecule has 1 aliphatic heterocycles. The molecule has 4 rings (SSSR count). The lowest BCUT2D eigenvalue weighted by molar-refractivity contribution is -0.131. The Hall–Kier alpha value is -3.05. The zero-order valence-electron chi connectivity index (χ0n) is 13.9. The number of hydrogen-bond donors (Lipinski definition) is 0. The van der Waals surface area contributed by atoms with E-state index in [1.165, 1.54) is 6.92 Å². The second-order valence-corrected chi connectivity index (χ2v) is 6.13. The first kappa shape index (κ1) is 16.4. The van der Waals surface area contributed by atoms with Gasteiger partial charge in [0.1, 0.15) is 5.52 Å². The summed E-state index contributed by atoms with van der Waals surface area (Å²) in [5.74, 6) is 1.36. The molecular formula is C20H14ClNO4. The summed E-state index contributed by atoms with van der Waals surface area (Å²) in [4.78, 5) is 15.9. The minimum Gasteiger partial charge on any atom is -0.454 e. The van der Waals surface area contributed by atoms with Gasteiger partial charge in [0.25, 0.3) is 0 Å². The number of hydrogen-bond acceptors (Lipinski definition) is 5. The fraction of sp³-hybridized carbons (Fsp3) is 0.100. The second-order valence-electron chi connectivity index (χ2n) is 5.72. The van der Waals surface area contributed by atoms with Gasteiger partial charge in [0.2, 0.25) is 6.79 Å². The van der Waals surface area contributed by atoms with Gasteiger partial charge in [-0.05, 0) is 29.8 Å². The monoisotopic (exact) mass is 367 g/mol. The van der Waals surface area contributed by atoms with Crippen LogP contribution in [0.3, 0.4) is 0 Å². The van der Waals surface area contributed by atoms with Crippen LogP contribution in [0.1, 0.15) is 18.2 Å². The maximum atomic E-state index is 11.3. The first-order valence-electron chi connectivity index (χ1n) is 7.95. The number of pyridine rings is 1. The van der Waals surface area contributed by atoms with Crippen molar-refractivity contribution < 1.29 is 19.0 Å². The largest absolute Gasteiger partial charge is 0.454 e. The first-order valence-corrected chi connectivity index (χ1v) is 8.33. The number of benzene rings is 2. The third-order valence-electron chi connectivity index (χ3n) is 3.88. The maximum absolute atomic E-state index is 11.3. The average Bonchev–Trinajstić information content (AvgIpc) is 3.06. The fourth-order valence-corrected chi connectivity index (χ4v) is 2.92. The Balaban J connectivity index is 1.69. The number of fused-ring (bicyclic) bond motifs is 2. The summed E-state index contributed by atoms with van der Waals surface area (Å²) >= 11 is 6.29. The van der Waals surface area contributed by atoms with Gasteiger partial charge in [-0.15, -0.1) is 0 Å². The standard InChI is InChI=1S/C20H14ClNO4/c1-12(23)26-17-4-2-3-13-5-7-15(22-20(13)17)8-6-14-9-18-19(10-16(14)21)25-11-24-18/h2-10H,11H2,1H3. The Labute approximate surface area is 154 Å². The molecule has 0 radical (unpaired) electrons. The van der Waals surface area contributed by atoms with Crippen LogP contribution < -0.4 is 14.2 Å². The van der Waals surface area contributed by atoms with Gasteiger partial charge in [-0.3, -0.25) is 4.79 Å². The third-order valence-corrected chi connectivity index (χ3v) is 4.21. The van der Waals surface area contributed by atoms with E-state index >= 15 is 0 Å². The molecule has 0 aliphatic carbocycles. The highest BCUT2D eigenvalue weighted by atomic mass is 35.5. The Morgan fingerprint density at radius 1 is 1.15 bits per heavy atom. The van der Waals surface area contributed by atoms with Crippen molar-refractivity contribution in [3.05, 3.63) is 58.7 Å². The number of halogens is 1. The highest BCUT2D eigenvalue weighted by molar-refractivity contribution is 6.32. The van der Waals surface area contributed by atoms with Crippen LogP contribution in [-0.4, -0.2) is 17.7 Å². The van der Waals surface area contributed by atoms with Gasteiger partial charge in [0.15, 0.2) is 17.2 Å². The molecule has 5 nitrogen and oxygen atoms in total. The molecule has 0 fully saturated rings. The van der Waals surface area contributed by atoms with E-state index in [2.05, 4.69) is 4.98 Å². The van der Waals surface area contributed by atoms with E-state index in [0.29, 0.717) is 33.5 Å². The molecule has 2 aromatic carbocycles. The fourth-order valence-electron chi connectivity index (χ4n) is 2.70. The predicted octanol–water partition coefficient (Wildman–Crippen LogP) is 4.71. The Kier molecular flexibility index (Phi) is 4.22. The molecule has 0 unspecified atom stereocenters. The molecule has 0 amide bonds. The van der Waals surface area contributed by atoms with Gasteiger partial charge in [-0.25, -0.2) is 4.98 Å². The topological polar surface area (TPSA) is 57.7 Å². The van der Waals surface area contributed by atoms with Crippen molar-refractivity contribution in [2.75, 3.05) is 6.79 Å². The van der Waals surface area contributed by atoms with Gasteiger partial charge in [0, 0.05) is 18.4 Å². The Morgan fingerprint density at radius 3 is 2.77 bits per heavy atom. The van der Waals surface area contributed by atoms with E-state index in [4.69, 9.17) is 25.8 Å². The molecule has 0 bridgehead atoms. The molecule has 1 aromatic heterocycles. The molecule has 0 spiro atoms. The molecule has 0 atom stereocenters. The van der Waals surface area contributed by atoms with Crippen molar-refractivity contribution in [1.29, 1.82) is 0 Å². The lowest BCUT2D eigenvalue weighted by atomic mass is 10.1. The Morgan fingerprint density at radius 2 is 1.96 bits per heavy atom. The molecule has 0 N–H and O–H groups in total.